The molecule has 2 aromatic rings. The van der Waals surface area contributed by atoms with Crippen LogP contribution in [0.3, 0.4) is 0 Å². The average molecular weight is 388 g/mol. The van der Waals surface area contributed by atoms with Crippen LogP contribution in [0, 0.1) is 16.0 Å². The first-order chi connectivity index (χ1) is 13.0. The summed E-state index contributed by atoms with van der Waals surface area (Å²) in [7, 11) is 0. The Balaban J connectivity index is 1.84. The van der Waals surface area contributed by atoms with Crippen LogP contribution >= 0.6 is 11.3 Å². The van der Waals surface area contributed by atoms with Gasteiger partial charge in [-0.1, -0.05) is 13.0 Å². The zero-order valence-electron chi connectivity index (χ0n) is 15.8. The van der Waals surface area contributed by atoms with Gasteiger partial charge in [-0.05, 0) is 49.3 Å². The van der Waals surface area contributed by atoms with Crippen molar-refractivity contribution in [1.82, 2.24) is 4.90 Å². The van der Waals surface area contributed by atoms with Crippen molar-refractivity contribution < 1.29 is 9.72 Å². The molecule has 7 heteroatoms. The summed E-state index contributed by atoms with van der Waals surface area (Å²) in [6, 6.07) is 8.84. The molecule has 1 aromatic heterocycles. The van der Waals surface area contributed by atoms with Crippen molar-refractivity contribution in [2.75, 3.05) is 24.5 Å². The number of nitrogens with zero attached hydrogens (tertiary/aromatic N) is 3. The third-order valence-electron chi connectivity index (χ3n) is 5.14. The lowest BCUT2D eigenvalue weighted by molar-refractivity contribution is -0.384. The number of anilines is 1. The molecule has 1 fully saturated rings. The van der Waals surface area contributed by atoms with Crippen LogP contribution in [0.25, 0.3) is 0 Å². The number of thiophene rings is 1. The maximum Gasteiger partial charge on any atom is 0.293 e. The van der Waals surface area contributed by atoms with E-state index in [4.69, 9.17) is 0 Å². The second kappa shape index (κ2) is 8.52. The molecule has 144 valence electrons. The van der Waals surface area contributed by atoms with Crippen molar-refractivity contribution in [3.63, 3.8) is 0 Å². The molecule has 0 aliphatic carbocycles. The first kappa shape index (κ1) is 19.4. The molecule has 0 atom stereocenters. The van der Waals surface area contributed by atoms with Crippen molar-refractivity contribution in [1.29, 1.82) is 0 Å². The van der Waals surface area contributed by atoms with Crippen LogP contribution in [-0.2, 0) is 6.54 Å². The topological polar surface area (TPSA) is 66.7 Å². The highest BCUT2D eigenvalue weighted by molar-refractivity contribution is 7.09. The number of piperidine rings is 1. The fraction of sp³-hybridized carbons (Fsp3) is 0.450. The Bertz CT molecular complexity index is 799. The van der Waals surface area contributed by atoms with E-state index in [9.17, 15) is 14.9 Å². The number of nitro benzene ring substituents is 1. The number of hydrogen-bond donors (Lipinski definition) is 0. The predicted octanol–water partition coefficient (Wildman–Crippen LogP) is 4.55. The van der Waals surface area contributed by atoms with Crippen molar-refractivity contribution in [3.05, 3.63) is 56.3 Å². The lowest BCUT2D eigenvalue weighted by atomic mass is 9.98. The van der Waals surface area contributed by atoms with E-state index in [0.29, 0.717) is 30.3 Å². The summed E-state index contributed by atoms with van der Waals surface area (Å²) < 4.78 is 0. The molecule has 3 rings (SSSR count). The van der Waals surface area contributed by atoms with E-state index >= 15 is 0 Å². The Kier molecular flexibility index (Phi) is 6.11. The van der Waals surface area contributed by atoms with E-state index in [2.05, 4.69) is 11.8 Å². The van der Waals surface area contributed by atoms with Gasteiger partial charge < -0.3 is 9.80 Å². The Labute approximate surface area is 163 Å². The van der Waals surface area contributed by atoms with E-state index in [0.717, 1.165) is 30.8 Å². The molecular weight excluding hydrogens is 362 g/mol. The molecule has 0 saturated carbocycles. The standard InChI is InChI=1S/C20H25N3O3S/c1-3-21(14-17-5-4-12-27-17)20(24)16-6-7-18(19(13-16)23(25)26)22-10-8-15(2)9-11-22/h4-7,12-13,15H,3,8-11,14H2,1-2H3. The first-order valence-electron chi connectivity index (χ1n) is 9.34. The van der Waals surface area contributed by atoms with E-state index in [1.54, 1.807) is 28.4 Å². The monoisotopic (exact) mass is 387 g/mol. The number of amides is 1. The number of rotatable bonds is 6. The molecule has 27 heavy (non-hydrogen) atoms. The Morgan fingerprint density at radius 2 is 2.07 bits per heavy atom. The van der Waals surface area contributed by atoms with E-state index in [1.807, 2.05) is 24.4 Å². The Hall–Kier alpha value is -2.41. The molecule has 0 N–H and O–H groups in total. The van der Waals surface area contributed by atoms with Crippen LogP contribution < -0.4 is 4.90 Å². The summed E-state index contributed by atoms with van der Waals surface area (Å²) in [5.74, 6) is 0.476. The lowest BCUT2D eigenvalue weighted by Crippen LogP contribution is -2.33. The summed E-state index contributed by atoms with van der Waals surface area (Å²) in [6.45, 7) is 6.83. The van der Waals surface area contributed by atoms with Gasteiger partial charge in [-0.2, -0.15) is 0 Å². The molecule has 1 saturated heterocycles. The van der Waals surface area contributed by atoms with E-state index in [-0.39, 0.29) is 16.5 Å². The molecule has 1 aliphatic heterocycles. The van der Waals surface area contributed by atoms with Crippen LogP contribution in [0.2, 0.25) is 0 Å². The minimum atomic E-state index is -0.375. The highest BCUT2D eigenvalue weighted by Crippen LogP contribution is 2.32. The van der Waals surface area contributed by atoms with Crippen LogP contribution in [0.5, 0.6) is 0 Å². The molecule has 1 aliphatic rings. The number of benzene rings is 1. The zero-order valence-corrected chi connectivity index (χ0v) is 16.6. The van der Waals surface area contributed by atoms with Crippen molar-refractivity contribution >= 4 is 28.6 Å². The van der Waals surface area contributed by atoms with Gasteiger partial charge in [-0.15, -0.1) is 11.3 Å². The predicted molar refractivity (Wildman–Crippen MR) is 108 cm³/mol. The SMILES string of the molecule is CCN(Cc1cccs1)C(=O)c1ccc(N2CCC(C)CC2)c([N+](=O)[O-])c1. The van der Waals surface area contributed by atoms with Gasteiger partial charge in [0.1, 0.15) is 5.69 Å². The second-order valence-corrected chi connectivity index (χ2v) is 8.06. The lowest BCUT2D eigenvalue weighted by Gasteiger charge is -2.31. The van der Waals surface area contributed by atoms with Crippen molar-refractivity contribution in [2.24, 2.45) is 5.92 Å². The maximum atomic E-state index is 12.9. The van der Waals surface area contributed by atoms with Crippen LogP contribution in [0.4, 0.5) is 11.4 Å². The molecule has 0 bridgehead atoms. The summed E-state index contributed by atoms with van der Waals surface area (Å²) in [4.78, 5) is 29.1. The molecule has 0 spiro atoms. The van der Waals surface area contributed by atoms with Crippen LogP contribution in [0.1, 0.15) is 41.9 Å². The van der Waals surface area contributed by atoms with Crippen LogP contribution in [0.15, 0.2) is 35.7 Å². The molecule has 1 amide bonds. The second-order valence-electron chi connectivity index (χ2n) is 7.03. The summed E-state index contributed by atoms with van der Waals surface area (Å²) in [6.07, 6.45) is 2.06. The Morgan fingerprint density at radius 3 is 2.67 bits per heavy atom. The summed E-state index contributed by atoms with van der Waals surface area (Å²) in [5.41, 5.74) is 1.00. The van der Waals surface area contributed by atoms with Gasteiger partial charge in [0.2, 0.25) is 0 Å². The molecule has 0 unspecified atom stereocenters. The van der Waals surface area contributed by atoms with Gasteiger partial charge in [0, 0.05) is 36.1 Å². The minimum absolute atomic E-state index is 0.0163. The molecule has 1 aromatic carbocycles. The quantitative estimate of drug-likeness (QED) is 0.538. The third kappa shape index (κ3) is 4.47. The number of carbonyl (C=O) groups excluding carboxylic acids is 1. The molecule has 6 nitrogen and oxygen atoms in total. The molecule has 2 heterocycles. The number of carbonyl (C=O) groups is 1. The molecular formula is C20H25N3O3S. The zero-order chi connectivity index (χ0) is 19.4. The van der Waals surface area contributed by atoms with Crippen molar-refractivity contribution in [2.45, 2.75) is 33.2 Å². The number of hydrogen-bond acceptors (Lipinski definition) is 5. The largest absolute Gasteiger partial charge is 0.366 e. The van der Waals surface area contributed by atoms with Crippen molar-refractivity contribution in [3.8, 4) is 0 Å². The third-order valence-corrected chi connectivity index (χ3v) is 6.00. The van der Waals surface area contributed by atoms with E-state index in [1.165, 1.54) is 6.07 Å². The van der Waals surface area contributed by atoms with Gasteiger partial charge in [-0.3, -0.25) is 14.9 Å². The van der Waals surface area contributed by atoms with Gasteiger partial charge in [0.25, 0.3) is 11.6 Å². The minimum Gasteiger partial charge on any atom is -0.366 e. The van der Waals surface area contributed by atoms with Gasteiger partial charge in [0.15, 0.2) is 0 Å². The highest BCUT2D eigenvalue weighted by Gasteiger charge is 2.26. The van der Waals surface area contributed by atoms with Gasteiger partial charge in [0.05, 0.1) is 11.5 Å². The number of nitro groups is 1. The average Bonchev–Trinajstić information content (AvgIpc) is 3.19. The van der Waals surface area contributed by atoms with Crippen LogP contribution in [-0.4, -0.2) is 35.4 Å². The Morgan fingerprint density at radius 1 is 1.33 bits per heavy atom. The summed E-state index contributed by atoms with van der Waals surface area (Å²) in [5, 5.41) is 13.6. The maximum absolute atomic E-state index is 12.9. The van der Waals surface area contributed by atoms with E-state index < -0.39 is 0 Å². The fourth-order valence-corrected chi connectivity index (χ4v) is 4.14. The smallest absolute Gasteiger partial charge is 0.293 e. The first-order valence-corrected chi connectivity index (χ1v) is 10.2. The van der Waals surface area contributed by atoms with Gasteiger partial charge in [-0.25, -0.2) is 0 Å². The summed E-state index contributed by atoms with van der Waals surface area (Å²) >= 11 is 1.60. The molecule has 0 radical (unpaired) electrons. The fourth-order valence-electron chi connectivity index (χ4n) is 3.42. The normalized spacial score (nSPS) is 15.0. The van der Waals surface area contributed by atoms with Gasteiger partial charge >= 0.3 is 0 Å². The highest BCUT2D eigenvalue weighted by atomic mass is 32.1.